The Hall–Kier alpha value is -1.39. The summed E-state index contributed by atoms with van der Waals surface area (Å²) in [6, 6.07) is 0.142. The molecule has 0 aromatic carbocycles. The lowest BCUT2D eigenvalue weighted by atomic mass is 9.85. The van der Waals surface area contributed by atoms with E-state index in [1.165, 1.54) is 0 Å². The number of aliphatic hydroxyl groups excluding tert-OH is 1. The molecule has 5 heteroatoms. The van der Waals surface area contributed by atoms with Gasteiger partial charge < -0.3 is 19.9 Å². The van der Waals surface area contributed by atoms with Gasteiger partial charge in [-0.3, -0.25) is 0 Å². The van der Waals surface area contributed by atoms with Crippen LogP contribution >= 0.6 is 0 Å². The topological polar surface area (TPSA) is 67.8 Å². The largest absolute Gasteiger partial charge is 0.512 e. The average Bonchev–Trinajstić information content (AvgIpc) is 2.30. The summed E-state index contributed by atoms with van der Waals surface area (Å²) >= 11 is 0. The van der Waals surface area contributed by atoms with Crippen molar-refractivity contribution >= 4 is 6.09 Å². The van der Waals surface area contributed by atoms with Crippen molar-refractivity contribution in [1.82, 2.24) is 5.32 Å². The number of nitrogens with one attached hydrogen (secondary N) is 1. The van der Waals surface area contributed by atoms with E-state index in [4.69, 9.17) is 14.6 Å². The number of aliphatic hydroxyl groups is 1. The van der Waals surface area contributed by atoms with Crippen LogP contribution in [0, 0.1) is 5.92 Å². The van der Waals surface area contributed by atoms with Gasteiger partial charge in [-0.15, -0.1) is 0 Å². The Morgan fingerprint density at radius 2 is 1.84 bits per heavy atom. The van der Waals surface area contributed by atoms with Gasteiger partial charge in [0.15, 0.2) is 0 Å². The molecule has 0 saturated heterocycles. The monoisotopic (exact) mass is 271 g/mol. The van der Waals surface area contributed by atoms with Crippen LogP contribution in [0.15, 0.2) is 12.0 Å². The van der Waals surface area contributed by atoms with Crippen molar-refractivity contribution in [1.29, 1.82) is 0 Å². The van der Waals surface area contributed by atoms with Crippen LogP contribution in [0.3, 0.4) is 0 Å². The van der Waals surface area contributed by atoms with Crippen molar-refractivity contribution in [3.8, 4) is 0 Å². The fourth-order valence-electron chi connectivity index (χ4n) is 2.32. The van der Waals surface area contributed by atoms with E-state index in [1.807, 2.05) is 20.8 Å². The Bertz CT molecular complexity index is 325. The number of hydrogen-bond donors (Lipinski definition) is 2. The minimum absolute atomic E-state index is 0.142. The minimum atomic E-state index is -0.468. The van der Waals surface area contributed by atoms with Crippen molar-refractivity contribution in [2.24, 2.45) is 5.92 Å². The second kappa shape index (κ2) is 6.68. The first-order valence-electron chi connectivity index (χ1n) is 6.73. The molecule has 0 heterocycles. The second-order valence-electron chi connectivity index (χ2n) is 5.93. The van der Waals surface area contributed by atoms with Gasteiger partial charge in [0.25, 0.3) is 0 Å². The molecule has 0 aromatic rings. The molecule has 0 atom stereocenters. The van der Waals surface area contributed by atoms with Crippen LogP contribution in [0.1, 0.15) is 46.5 Å². The lowest BCUT2D eigenvalue weighted by Gasteiger charge is -2.30. The zero-order chi connectivity index (χ0) is 14.5. The van der Waals surface area contributed by atoms with Crippen molar-refractivity contribution in [3.63, 3.8) is 0 Å². The molecular formula is C14H25NO4. The number of amides is 1. The van der Waals surface area contributed by atoms with Gasteiger partial charge in [0.1, 0.15) is 17.6 Å². The zero-order valence-corrected chi connectivity index (χ0v) is 12.2. The summed E-state index contributed by atoms with van der Waals surface area (Å²) in [6.45, 7) is 5.54. The molecule has 110 valence electrons. The molecule has 0 unspecified atom stereocenters. The average molecular weight is 271 g/mol. The van der Waals surface area contributed by atoms with Crippen molar-refractivity contribution in [2.45, 2.75) is 58.1 Å². The molecule has 1 aliphatic rings. The van der Waals surface area contributed by atoms with E-state index in [0.29, 0.717) is 5.76 Å². The fourth-order valence-corrected chi connectivity index (χ4v) is 2.32. The van der Waals surface area contributed by atoms with E-state index in [1.54, 1.807) is 7.11 Å². The number of hydrogen-bond acceptors (Lipinski definition) is 4. The summed E-state index contributed by atoms with van der Waals surface area (Å²) in [5.41, 5.74) is -0.468. The highest BCUT2D eigenvalue weighted by molar-refractivity contribution is 5.68. The molecule has 19 heavy (non-hydrogen) atoms. The smallest absolute Gasteiger partial charge is 0.407 e. The molecule has 1 saturated carbocycles. The van der Waals surface area contributed by atoms with Gasteiger partial charge in [-0.1, -0.05) is 0 Å². The van der Waals surface area contributed by atoms with Crippen molar-refractivity contribution in [2.75, 3.05) is 7.11 Å². The highest BCUT2D eigenvalue weighted by atomic mass is 16.6. The van der Waals surface area contributed by atoms with Gasteiger partial charge in [0, 0.05) is 12.0 Å². The summed E-state index contributed by atoms with van der Waals surface area (Å²) in [5.74, 6) is 0.863. The Morgan fingerprint density at radius 1 is 1.26 bits per heavy atom. The van der Waals surface area contributed by atoms with E-state index in [-0.39, 0.29) is 18.1 Å². The first-order chi connectivity index (χ1) is 8.85. The number of allylic oxidation sites excluding steroid dienone is 1. The molecule has 0 bridgehead atoms. The van der Waals surface area contributed by atoms with Crippen LogP contribution in [0.25, 0.3) is 0 Å². The Morgan fingerprint density at radius 3 is 2.26 bits per heavy atom. The lowest BCUT2D eigenvalue weighted by molar-refractivity contribution is 0.0485. The molecule has 0 spiro atoms. The quantitative estimate of drug-likeness (QED) is 0.774. The molecule has 1 amide bonds. The predicted octanol–water partition coefficient (Wildman–Crippen LogP) is 3.12. The molecule has 0 aliphatic heterocycles. The summed E-state index contributed by atoms with van der Waals surface area (Å²) in [7, 11) is 1.56. The maximum atomic E-state index is 11.6. The predicted molar refractivity (Wildman–Crippen MR) is 72.8 cm³/mol. The molecule has 1 aliphatic carbocycles. The van der Waals surface area contributed by atoms with Gasteiger partial charge in [0.05, 0.1) is 7.11 Å². The molecular weight excluding hydrogens is 246 g/mol. The maximum Gasteiger partial charge on any atom is 0.407 e. The Kier molecular flexibility index (Phi) is 5.51. The zero-order valence-electron chi connectivity index (χ0n) is 12.2. The van der Waals surface area contributed by atoms with Crippen molar-refractivity contribution < 1.29 is 19.4 Å². The Labute approximate surface area is 115 Å². The van der Waals surface area contributed by atoms with Crippen LogP contribution in [-0.2, 0) is 9.47 Å². The van der Waals surface area contributed by atoms with Gasteiger partial charge >= 0.3 is 6.09 Å². The number of rotatable bonds is 3. The number of carbonyl (C=O) groups excluding carboxylic acids is 1. The fraction of sp³-hybridized carbons (Fsp3) is 0.786. The third-order valence-corrected chi connectivity index (χ3v) is 3.21. The molecule has 1 rings (SSSR count). The number of alkyl carbamates (subject to hydrolysis) is 1. The second-order valence-corrected chi connectivity index (χ2v) is 5.93. The van der Waals surface area contributed by atoms with Crippen LogP contribution < -0.4 is 5.32 Å². The summed E-state index contributed by atoms with van der Waals surface area (Å²) in [6.07, 6.45) is 4.18. The summed E-state index contributed by atoms with van der Waals surface area (Å²) < 4.78 is 10.4. The van der Waals surface area contributed by atoms with Gasteiger partial charge in [-0.05, 0) is 46.5 Å². The molecule has 1 fully saturated rings. The number of methoxy groups -OCH3 is 1. The lowest BCUT2D eigenvalue weighted by Crippen LogP contribution is -2.41. The van der Waals surface area contributed by atoms with Gasteiger partial charge in [-0.25, -0.2) is 4.79 Å². The first-order valence-corrected chi connectivity index (χ1v) is 6.73. The highest BCUT2D eigenvalue weighted by Crippen LogP contribution is 2.30. The normalized spacial score (nSPS) is 24.7. The van der Waals surface area contributed by atoms with Crippen LogP contribution in [0.2, 0.25) is 0 Å². The van der Waals surface area contributed by atoms with Crippen LogP contribution in [0.4, 0.5) is 4.79 Å². The van der Waals surface area contributed by atoms with E-state index in [0.717, 1.165) is 31.9 Å². The van der Waals surface area contributed by atoms with Crippen LogP contribution in [-0.4, -0.2) is 30.0 Å². The third kappa shape index (κ3) is 5.41. The third-order valence-electron chi connectivity index (χ3n) is 3.21. The number of ether oxygens (including phenoxy) is 2. The van der Waals surface area contributed by atoms with E-state index >= 15 is 0 Å². The van der Waals surface area contributed by atoms with E-state index in [9.17, 15) is 4.79 Å². The maximum absolute atomic E-state index is 11.6. The summed E-state index contributed by atoms with van der Waals surface area (Å²) in [4.78, 5) is 11.6. The van der Waals surface area contributed by atoms with E-state index in [2.05, 4.69) is 5.32 Å². The molecule has 0 aromatic heterocycles. The van der Waals surface area contributed by atoms with Crippen molar-refractivity contribution in [3.05, 3.63) is 12.0 Å². The Balaban J connectivity index is 2.36. The van der Waals surface area contributed by atoms with Crippen LogP contribution in [0.5, 0.6) is 0 Å². The van der Waals surface area contributed by atoms with Gasteiger partial charge in [-0.2, -0.15) is 0 Å². The van der Waals surface area contributed by atoms with E-state index < -0.39 is 5.60 Å². The SMILES string of the molecule is CO/C(=C\O)[C@H]1CC[C@H](NC(=O)OC(C)(C)C)CC1. The summed E-state index contributed by atoms with van der Waals surface area (Å²) in [5, 5.41) is 11.9. The first kappa shape index (κ1) is 15.7. The minimum Gasteiger partial charge on any atom is -0.512 e. The molecule has 5 nitrogen and oxygen atoms in total. The molecule has 0 radical (unpaired) electrons. The molecule has 2 N–H and O–H groups in total. The highest BCUT2D eigenvalue weighted by Gasteiger charge is 2.27. The number of carbonyl (C=O) groups is 1. The van der Waals surface area contributed by atoms with Gasteiger partial charge in [0.2, 0.25) is 0 Å². The standard InChI is InChI=1S/C14H25NO4/c1-14(2,3)19-13(17)15-11-7-5-10(6-8-11)12(9-16)18-4/h9-11,16H,5-8H2,1-4H3,(H,15,17)/b12-9-/t10-,11-.